The van der Waals surface area contributed by atoms with Crippen molar-refractivity contribution < 1.29 is 14.4 Å². The van der Waals surface area contributed by atoms with Gasteiger partial charge >= 0.3 is 0 Å². The summed E-state index contributed by atoms with van der Waals surface area (Å²) in [6, 6.07) is 0. The van der Waals surface area contributed by atoms with Crippen LogP contribution in [0.25, 0.3) is 0 Å². The Morgan fingerprint density at radius 2 is 1.21 bits per heavy atom. The molecule has 0 aromatic rings. The van der Waals surface area contributed by atoms with Crippen molar-refractivity contribution in [1.29, 1.82) is 0 Å². The summed E-state index contributed by atoms with van der Waals surface area (Å²) in [5.41, 5.74) is 0. The topological polar surface area (TPSA) is 49.3 Å². The van der Waals surface area contributed by atoms with Gasteiger partial charge in [-0.3, -0.25) is 4.79 Å². The van der Waals surface area contributed by atoms with Gasteiger partial charge in [-0.05, 0) is 20.3 Å². The number of aliphatic hydroxyl groups is 1. The van der Waals surface area contributed by atoms with E-state index in [0.717, 1.165) is 37.0 Å². The van der Waals surface area contributed by atoms with Crippen LogP contribution in [-0.2, 0) is 4.79 Å². The fourth-order valence-corrected chi connectivity index (χ4v) is 4.41. The molecule has 0 aliphatic rings. The third kappa shape index (κ3) is 14.1. The van der Waals surface area contributed by atoms with Gasteiger partial charge in [0.2, 0.25) is 5.91 Å². The van der Waals surface area contributed by atoms with Gasteiger partial charge in [-0.2, -0.15) is 0 Å². The predicted molar refractivity (Wildman–Crippen MR) is 126 cm³/mol. The van der Waals surface area contributed by atoms with E-state index in [2.05, 4.69) is 33.0 Å². The van der Waals surface area contributed by atoms with E-state index in [-0.39, 0.29) is 18.7 Å². The van der Waals surface area contributed by atoms with Crippen molar-refractivity contribution in [2.75, 3.05) is 26.2 Å². The lowest BCUT2D eigenvalue weighted by atomic mass is 10.0. The Kier molecular flexibility index (Phi) is 19.0. The fraction of sp³-hybridized carbons (Fsp3) is 0.960. The highest BCUT2D eigenvalue weighted by atomic mass is 16.3. The van der Waals surface area contributed by atoms with Crippen LogP contribution in [0.1, 0.15) is 124 Å². The van der Waals surface area contributed by atoms with Crippen LogP contribution >= 0.6 is 0 Å². The third-order valence-corrected chi connectivity index (χ3v) is 6.72. The average Bonchev–Trinajstić information content (AvgIpc) is 2.72. The standard InChI is InChI=1S/C25H52N2O2/c1-5-8-9-10-11-12-13-14-15-16-17-18-19-21-25(29)26-24(4)27(6-2,7-3)22-20-23-28/h24,28H,5-23H2,1-4H3/p+1. The van der Waals surface area contributed by atoms with Crippen molar-refractivity contribution >= 4 is 5.91 Å². The van der Waals surface area contributed by atoms with Crippen LogP contribution in [0.5, 0.6) is 0 Å². The van der Waals surface area contributed by atoms with E-state index < -0.39 is 0 Å². The summed E-state index contributed by atoms with van der Waals surface area (Å²) in [6.45, 7) is 11.9. The molecular weight excluding hydrogens is 360 g/mol. The molecule has 29 heavy (non-hydrogen) atoms. The lowest BCUT2D eigenvalue weighted by molar-refractivity contribution is -0.948. The van der Waals surface area contributed by atoms with Crippen LogP contribution < -0.4 is 5.32 Å². The second-order valence-corrected chi connectivity index (χ2v) is 8.89. The number of unbranched alkanes of at least 4 members (excludes halogenated alkanes) is 12. The average molecular weight is 414 g/mol. The van der Waals surface area contributed by atoms with Gasteiger partial charge in [-0.15, -0.1) is 0 Å². The molecule has 0 aliphatic heterocycles. The minimum absolute atomic E-state index is 0.117. The molecule has 0 fully saturated rings. The summed E-state index contributed by atoms with van der Waals surface area (Å²) in [5, 5.41) is 12.4. The molecule has 0 spiro atoms. The Labute approximate surface area is 182 Å². The van der Waals surface area contributed by atoms with Gasteiger partial charge in [0.25, 0.3) is 0 Å². The van der Waals surface area contributed by atoms with Crippen LogP contribution in [0, 0.1) is 0 Å². The van der Waals surface area contributed by atoms with Crippen LogP contribution in [0.3, 0.4) is 0 Å². The Bertz CT molecular complexity index is 370. The number of quaternary nitrogens is 1. The molecule has 0 heterocycles. The lowest BCUT2D eigenvalue weighted by Crippen LogP contribution is -2.61. The first-order chi connectivity index (χ1) is 14.1. The maximum absolute atomic E-state index is 12.3. The van der Waals surface area contributed by atoms with Crippen LogP contribution in [0.15, 0.2) is 0 Å². The zero-order valence-electron chi connectivity index (χ0n) is 20.3. The van der Waals surface area contributed by atoms with Crippen molar-refractivity contribution in [2.45, 2.75) is 130 Å². The molecule has 1 atom stereocenters. The molecule has 174 valence electrons. The van der Waals surface area contributed by atoms with E-state index in [1.54, 1.807) is 0 Å². The number of aliphatic hydroxyl groups excluding tert-OH is 1. The first kappa shape index (κ1) is 28.4. The van der Waals surface area contributed by atoms with Crippen molar-refractivity contribution in [2.24, 2.45) is 0 Å². The Balaban J connectivity index is 3.71. The second kappa shape index (κ2) is 19.4. The summed E-state index contributed by atoms with van der Waals surface area (Å²) in [7, 11) is 0. The Morgan fingerprint density at radius 1 is 0.759 bits per heavy atom. The smallest absolute Gasteiger partial charge is 0.224 e. The number of amides is 1. The Morgan fingerprint density at radius 3 is 1.62 bits per heavy atom. The highest BCUT2D eigenvalue weighted by Gasteiger charge is 2.30. The predicted octanol–water partition coefficient (Wildman–Crippen LogP) is 6.17. The molecule has 0 saturated heterocycles. The molecule has 1 amide bonds. The monoisotopic (exact) mass is 413 g/mol. The molecule has 0 aliphatic carbocycles. The molecule has 4 heteroatoms. The van der Waals surface area contributed by atoms with Crippen molar-refractivity contribution in [3.05, 3.63) is 0 Å². The number of carbonyl (C=O) groups is 1. The number of hydrogen-bond acceptors (Lipinski definition) is 2. The van der Waals surface area contributed by atoms with Gasteiger partial charge < -0.3 is 14.9 Å². The van der Waals surface area contributed by atoms with Gasteiger partial charge in [0.1, 0.15) is 0 Å². The van der Waals surface area contributed by atoms with Crippen molar-refractivity contribution in [1.82, 2.24) is 5.32 Å². The summed E-state index contributed by atoms with van der Waals surface area (Å²) < 4.78 is 0.852. The first-order valence-corrected chi connectivity index (χ1v) is 12.8. The molecule has 0 saturated carbocycles. The van der Waals surface area contributed by atoms with Gasteiger partial charge in [-0.25, -0.2) is 0 Å². The number of rotatable bonds is 21. The lowest BCUT2D eigenvalue weighted by Gasteiger charge is -2.42. The zero-order valence-corrected chi connectivity index (χ0v) is 20.3. The highest BCUT2D eigenvalue weighted by molar-refractivity contribution is 5.75. The summed E-state index contributed by atoms with van der Waals surface area (Å²) >= 11 is 0. The minimum Gasteiger partial charge on any atom is -0.396 e. The molecule has 0 bridgehead atoms. The quantitative estimate of drug-likeness (QED) is 0.134. The normalized spacial score (nSPS) is 12.9. The largest absolute Gasteiger partial charge is 0.396 e. The van der Waals surface area contributed by atoms with Crippen molar-refractivity contribution in [3.8, 4) is 0 Å². The fourth-order valence-electron chi connectivity index (χ4n) is 4.41. The van der Waals surface area contributed by atoms with E-state index in [4.69, 9.17) is 0 Å². The second-order valence-electron chi connectivity index (χ2n) is 8.89. The van der Waals surface area contributed by atoms with E-state index in [0.29, 0.717) is 6.42 Å². The minimum atomic E-state index is 0.117. The van der Waals surface area contributed by atoms with E-state index in [1.165, 1.54) is 77.0 Å². The molecule has 0 rings (SSSR count). The molecule has 1 unspecified atom stereocenters. The van der Waals surface area contributed by atoms with E-state index in [9.17, 15) is 9.90 Å². The van der Waals surface area contributed by atoms with E-state index in [1.807, 2.05) is 0 Å². The van der Waals surface area contributed by atoms with Crippen molar-refractivity contribution in [3.63, 3.8) is 0 Å². The summed E-state index contributed by atoms with van der Waals surface area (Å²) in [6.07, 6.45) is 18.9. The number of hydrogen-bond donors (Lipinski definition) is 2. The highest BCUT2D eigenvalue weighted by Crippen LogP contribution is 2.15. The van der Waals surface area contributed by atoms with E-state index >= 15 is 0 Å². The molecule has 0 radical (unpaired) electrons. The van der Waals surface area contributed by atoms with Crippen LogP contribution in [-0.4, -0.2) is 47.9 Å². The Hall–Kier alpha value is -0.610. The van der Waals surface area contributed by atoms with Crippen LogP contribution in [0.4, 0.5) is 0 Å². The summed E-state index contributed by atoms with van der Waals surface area (Å²) in [5.74, 6) is 0.189. The molecule has 2 N–H and O–H groups in total. The van der Waals surface area contributed by atoms with Gasteiger partial charge in [0.05, 0.1) is 19.6 Å². The first-order valence-electron chi connectivity index (χ1n) is 12.8. The number of nitrogens with zero attached hydrogens (tertiary/aromatic N) is 1. The van der Waals surface area contributed by atoms with Crippen LogP contribution in [0.2, 0.25) is 0 Å². The molecule has 0 aromatic carbocycles. The molecular formula is C25H53N2O2+. The third-order valence-electron chi connectivity index (χ3n) is 6.72. The molecule has 0 aromatic heterocycles. The zero-order chi connectivity index (χ0) is 21.8. The number of nitrogens with one attached hydrogen (secondary N) is 1. The number of carbonyl (C=O) groups excluding carboxylic acids is 1. The maximum Gasteiger partial charge on any atom is 0.224 e. The molecule has 4 nitrogen and oxygen atoms in total. The SMILES string of the molecule is CCCCCCCCCCCCCCCC(=O)NC(C)[N+](CC)(CC)CCCO. The summed E-state index contributed by atoms with van der Waals surface area (Å²) in [4.78, 5) is 12.3. The maximum atomic E-state index is 12.3. The van der Waals surface area contributed by atoms with Gasteiger partial charge in [0, 0.05) is 26.4 Å². The van der Waals surface area contributed by atoms with Gasteiger partial charge in [0.15, 0.2) is 6.17 Å². The van der Waals surface area contributed by atoms with Gasteiger partial charge in [-0.1, -0.05) is 84.0 Å².